The van der Waals surface area contributed by atoms with Crippen LogP contribution in [0.5, 0.6) is 0 Å². The Kier molecular flexibility index (Phi) is 0.949. The summed E-state index contributed by atoms with van der Waals surface area (Å²) >= 11 is 0. The number of likely N-dealkylation sites (tertiary alicyclic amines) is 1. The van der Waals surface area contributed by atoms with Gasteiger partial charge in [-0.05, 0) is 20.9 Å². The number of nitrogens with zero attached hydrogens (tertiary/aromatic N) is 1. The Morgan fingerprint density at radius 2 is 2.12 bits per heavy atom. The fourth-order valence-corrected chi connectivity index (χ4v) is 0.728. The van der Waals surface area contributed by atoms with E-state index in [1.165, 1.54) is 0 Å². The fourth-order valence-electron chi connectivity index (χ4n) is 0.728. The van der Waals surface area contributed by atoms with Crippen LogP contribution in [0.2, 0.25) is 0 Å². The van der Waals surface area contributed by atoms with E-state index in [9.17, 15) is 4.79 Å². The topological polar surface area (TPSA) is 20.3 Å². The standard InChI is InChI=1S/C6H11NO/c1-6(2)5(8)4-7(6)3/h4H2,1-3H3. The van der Waals surface area contributed by atoms with Crippen molar-refractivity contribution in [2.24, 2.45) is 0 Å². The molecule has 0 aromatic carbocycles. The second-order valence-electron chi connectivity index (χ2n) is 2.84. The van der Waals surface area contributed by atoms with E-state index in [1.54, 1.807) is 0 Å². The summed E-state index contributed by atoms with van der Waals surface area (Å²) in [6.45, 7) is 4.52. The molecule has 46 valence electrons. The molecule has 0 aromatic rings. The Morgan fingerprint density at radius 3 is 2.12 bits per heavy atom. The molecule has 1 heterocycles. The van der Waals surface area contributed by atoms with Crippen molar-refractivity contribution in [3.63, 3.8) is 0 Å². The molecule has 0 saturated carbocycles. The summed E-state index contributed by atoms with van der Waals surface area (Å²) in [6, 6.07) is 0. The van der Waals surface area contributed by atoms with Crippen LogP contribution in [0.4, 0.5) is 0 Å². The average molecular weight is 113 g/mol. The molecule has 1 fully saturated rings. The molecule has 0 radical (unpaired) electrons. The number of hydrogen-bond acceptors (Lipinski definition) is 2. The minimum atomic E-state index is -0.167. The molecule has 0 aromatic heterocycles. The Balaban J connectivity index is 2.66. The normalized spacial score (nSPS) is 27.6. The lowest BCUT2D eigenvalue weighted by molar-refractivity contribution is -0.142. The highest BCUT2D eigenvalue weighted by Crippen LogP contribution is 2.22. The molecule has 8 heavy (non-hydrogen) atoms. The van der Waals surface area contributed by atoms with Gasteiger partial charge in [0.05, 0.1) is 12.1 Å². The van der Waals surface area contributed by atoms with Crippen LogP contribution in [0.15, 0.2) is 0 Å². The van der Waals surface area contributed by atoms with Crippen LogP contribution < -0.4 is 0 Å². The zero-order valence-electron chi connectivity index (χ0n) is 5.56. The number of carbonyl (C=O) groups excluding carboxylic acids is 1. The van der Waals surface area contributed by atoms with Crippen molar-refractivity contribution in [2.75, 3.05) is 13.6 Å². The second kappa shape index (κ2) is 1.32. The van der Waals surface area contributed by atoms with Crippen molar-refractivity contribution >= 4 is 5.78 Å². The van der Waals surface area contributed by atoms with Crippen molar-refractivity contribution in [3.05, 3.63) is 0 Å². The summed E-state index contributed by atoms with van der Waals surface area (Å²) in [5.41, 5.74) is -0.167. The molecule has 0 amide bonds. The SMILES string of the molecule is CN1CC(=O)C1(C)C. The summed E-state index contributed by atoms with van der Waals surface area (Å²) in [5, 5.41) is 0. The molecule has 0 aliphatic carbocycles. The lowest BCUT2D eigenvalue weighted by atomic mass is 9.88. The van der Waals surface area contributed by atoms with E-state index in [-0.39, 0.29) is 5.54 Å². The van der Waals surface area contributed by atoms with Crippen LogP contribution in [0.1, 0.15) is 13.8 Å². The minimum Gasteiger partial charge on any atom is -0.296 e. The van der Waals surface area contributed by atoms with Crippen molar-refractivity contribution in [3.8, 4) is 0 Å². The summed E-state index contributed by atoms with van der Waals surface area (Å²) in [4.78, 5) is 12.8. The van der Waals surface area contributed by atoms with Crippen LogP contribution in [-0.2, 0) is 4.79 Å². The Hall–Kier alpha value is -0.370. The highest BCUT2D eigenvalue weighted by molar-refractivity contribution is 5.94. The highest BCUT2D eigenvalue weighted by Gasteiger charge is 2.41. The molecule has 0 N–H and O–H groups in total. The molecular formula is C6H11NO. The van der Waals surface area contributed by atoms with Gasteiger partial charge in [0.1, 0.15) is 0 Å². The first-order chi connectivity index (χ1) is 3.55. The van der Waals surface area contributed by atoms with Crippen molar-refractivity contribution < 1.29 is 4.79 Å². The van der Waals surface area contributed by atoms with Gasteiger partial charge in [-0.25, -0.2) is 0 Å². The molecule has 0 unspecified atom stereocenters. The maximum atomic E-state index is 10.7. The van der Waals surface area contributed by atoms with Crippen LogP contribution >= 0.6 is 0 Å². The monoisotopic (exact) mass is 113 g/mol. The summed E-state index contributed by atoms with van der Waals surface area (Å²) in [5.74, 6) is 0.347. The first kappa shape index (κ1) is 5.76. The van der Waals surface area contributed by atoms with E-state index >= 15 is 0 Å². The van der Waals surface area contributed by atoms with Gasteiger partial charge in [-0.15, -0.1) is 0 Å². The Labute approximate surface area is 49.5 Å². The third kappa shape index (κ3) is 0.494. The minimum absolute atomic E-state index is 0.167. The summed E-state index contributed by atoms with van der Waals surface area (Å²) in [6.07, 6.45) is 0. The molecule has 1 saturated heterocycles. The van der Waals surface area contributed by atoms with Gasteiger partial charge in [0.15, 0.2) is 5.78 Å². The number of hydrogen-bond donors (Lipinski definition) is 0. The van der Waals surface area contributed by atoms with E-state index in [2.05, 4.69) is 0 Å². The Bertz CT molecular complexity index is 128. The second-order valence-corrected chi connectivity index (χ2v) is 2.84. The van der Waals surface area contributed by atoms with E-state index in [4.69, 9.17) is 0 Å². The van der Waals surface area contributed by atoms with Crippen molar-refractivity contribution in [2.45, 2.75) is 19.4 Å². The number of likely N-dealkylation sites (N-methyl/N-ethyl adjacent to an activating group) is 1. The van der Waals surface area contributed by atoms with Gasteiger partial charge in [-0.1, -0.05) is 0 Å². The van der Waals surface area contributed by atoms with Gasteiger partial charge in [-0.3, -0.25) is 9.69 Å². The molecule has 0 spiro atoms. The van der Waals surface area contributed by atoms with Crippen molar-refractivity contribution in [1.29, 1.82) is 0 Å². The summed E-state index contributed by atoms with van der Waals surface area (Å²) in [7, 11) is 1.96. The van der Waals surface area contributed by atoms with Crippen LogP contribution in [0, 0.1) is 0 Å². The van der Waals surface area contributed by atoms with E-state index in [0.717, 1.165) is 0 Å². The van der Waals surface area contributed by atoms with Crippen LogP contribution in [0.3, 0.4) is 0 Å². The first-order valence-electron chi connectivity index (χ1n) is 2.79. The number of rotatable bonds is 0. The van der Waals surface area contributed by atoms with Gasteiger partial charge in [0, 0.05) is 0 Å². The third-order valence-corrected chi connectivity index (χ3v) is 2.02. The van der Waals surface area contributed by atoms with Gasteiger partial charge in [-0.2, -0.15) is 0 Å². The molecule has 1 rings (SSSR count). The van der Waals surface area contributed by atoms with E-state index in [0.29, 0.717) is 12.3 Å². The highest BCUT2D eigenvalue weighted by atomic mass is 16.1. The zero-order valence-corrected chi connectivity index (χ0v) is 5.56. The van der Waals surface area contributed by atoms with Gasteiger partial charge >= 0.3 is 0 Å². The molecule has 2 nitrogen and oxygen atoms in total. The fraction of sp³-hybridized carbons (Fsp3) is 0.833. The quantitative estimate of drug-likeness (QED) is 0.449. The smallest absolute Gasteiger partial charge is 0.166 e. The lowest BCUT2D eigenvalue weighted by Crippen LogP contribution is -2.62. The predicted molar refractivity (Wildman–Crippen MR) is 31.7 cm³/mol. The van der Waals surface area contributed by atoms with Gasteiger partial charge in [0.25, 0.3) is 0 Å². The first-order valence-corrected chi connectivity index (χ1v) is 2.79. The average Bonchev–Trinajstić information content (AvgIpc) is 1.68. The number of carbonyl (C=O) groups is 1. The van der Waals surface area contributed by atoms with Gasteiger partial charge < -0.3 is 0 Å². The number of Topliss-reactive ketones (excluding diaryl/α,β-unsaturated/α-hetero) is 1. The zero-order chi connectivity index (χ0) is 6.36. The van der Waals surface area contributed by atoms with E-state index < -0.39 is 0 Å². The largest absolute Gasteiger partial charge is 0.296 e. The summed E-state index contributed by atoms with van der Waals surface area (Å²) < 4.78 is 0. The Morgan fingerprint density at radius 1 is 1.62 bits per heavy atom. The van der Waals surface area contributed by atoms with Crippen molar-refractivity contribution in [1.82, 2.24) is 4.90 Å². The molecule has 2 heteroatoms. The molecule has 1 aliphatic heterocycles. The lowest BCUT2D eigenvalue weighted by Gasteiger charge is -2.43. The van der Waals surface area contributed by atoms with Crippen LogP contribution in [0.25, 0.3) is 0 Å². The predicted octanol–water partition coefficient (Wildman–Crippen LogP) is 0.279. The molecule has 0 atom stereocenters. The third-order valence-electron chi connectivity index (χ3n) is 2.02. The molecular weight excluding hydrogens is 102 g/mol. The van der Waals surface area contributed by atoms with Gasteiger partial charge in [0.2, 0.25) is 0 Å². The maximum Gasteiger partial charge on any atom is 0.166 e. The van der Waals surface area contributed by atoms with E-state index in [1.807, 2.05) is 25.8 Å². The number of ketones is 1. The molecule has 1 aliphatic rings. The van der Waals surface area contributed by atoms with Crippen LogP contribution in [-0.4, -0.2) is 29.8 Å². The maximum absolute atomic E-state index is 10.7. The molecule has 0 bridgehead atoms.